The molecule has 1 N–H and O–H groups in total. The van der Waals surface area contributed by atoms with Gasteiger partial charge in [-0.2, -0.15) is 10.2 Å². The van der Waals surface area contributed by atoms with Crippen molar-refractivity contribution >= 4 is 18.2 Å². The lowest BCUT2D eigenvalue weighted by Crippen LogP contribution is -2.02. The molecule has 0 aromatic carbocycles. The SMILES string of the molecule is CCCn1cc(CNc2nn(CC)cc2C)cn1.Cl. The van der Waals surface area contributed by atoms with Gasteiger partial charge in [-0.05, 0) is 20.3 Å². The van der Waals surface area contributed by atoms with Crippen LogP contribution in [-0.2, 0) is 19.6 Å². The topological polar surface area (TPSA) is 47.7 Å². The first-order chi connectivity index (χ1) is 8.72. The van der Waals surface area contributed by atoms with E-state index < -0.39 is 0 Å². The largest absolute Gasteiger partial charge is 0.364 e. The Bertz CT molecular complexity index is 503. The molecular weight excluding hydrogens is 262 g/mol. The zero-order valence-electron chi connectivity index (χ0n) is 11.8. The first kappa shape index (κ1) is 15.6. The molecule has 2 rings (SSSR count). The van der Waals surface area contributed by atoms with Crippen molar-refractivity contribution in [2.24, 2.45) is 0 Å². The van der Waals surface area contributed by atoms with Crippen LogP contribution in [0.4, 0.5) is 5.82 Å². The lowest BCUT2D eigenvalue weighted by molar-refractivity contribution is 0.602. The van der Waals surface area contributed by atoms with Gasteiger partial charge in [-0.15, -0.1) is 12.4 Å². The molecule has 2 aromatic heterocycles. The minimum Gasteiger partial charge on any atom is -0.364 e. The number of aromatic nitrogens is 4. The Morgan fingerprint density at radius 2 is 2.00 bits per heavy atom. The molecule has 0 aliphatic heterocycles. The number of rotatable bonds is 6. The minimum absolute atomic E-state index is 0. The average molecular weight is 284 g/mol. The molecule has 6 heteroatoms. The van der Waals surface area contributed by atoms with Crippen molar-refractivity contribution in [1.82, 2.24) is 19.6 Å². The van der Waals surface area contributed by atoms with E-state index in [4.69, 9.17) is 0 Å². The number of nitrogens with zero attached hydrogens (tertiary/aromatic N) is 4. The summed E-state index contributed by atoms with van der Waals surface area (Å²) in [5.41, 5.74) is 2.37. The molecule has 2 heterocycles. The van der Waals surface area contributed by atoms with Gasteiger partial charge in [-0.3, -0.25) is 9.36 Å². The zero-order valence-corrected chi connectivity index (χ0v) is 12.6. The number of anilines is 1. The second-order valence-electron chi connectivity index (χ2n) is 4.48. The Kier molecular flexibility index (Phi) is 5.89. The van der Waals surface area contributed by atoms with Crippen molar-refractivity contribution in [2.75, 3.05) is 5.32 Å². The van der Waals surface area contributed by atoms with Crippen LogP contribution in [0, 0.1) is 6.92 Å². The van der Waals surface area contributed by atoms with Gasteiger partial charge < -0.3 is 5.32 Å². The fraction of sp³-hybridized carbons (Fsp3) is 0.538. The third-order valence-electron chi connectivity index (χ3n) is 2.87. The molecular formula is C13H22ClN5. The highest BCUT2D eigenvalue weighted by Crippen LogP contribution is 2.12. The predicted octanol–water partition coefficient (Wildman–Crippen LogP) is 2.85. The normalized spacial score (nSPS) is 10.3. The van der Waals surface area contributed by atoms with Gasteiger partial charge in [0.25, 0.3) is 0 Å². The lowest BCUT2D eigenvalue weighted by atomic mass is 10.3. The highest BCUT2D eigenvalue weighted by molar-refractivity contribution is 5.85. The quantitative estimate of drug-likeness (QED) is 0.887. The Labute approximate surface area is 120 Å². The van der Waals surface area contributed by atoms with Gasteiger partial charge >= 0.3 is 0 Å². The maximum absolute atomic E-state index is 4.46. The van der Waals surface area contributed by atoms with E-state index in [0.717, 1.165) is 31.9 Å². The van der Waals surface area contributed by atoms with Crippen LogP contribution in [0.1, 0.15) is 31.4 Å². The summed E-state index contributed by atoms with van der Waals surface area (Å²) in [6.07, 6.45) is 7.16. The average Bonchev–Trinajstić information content (AvgIpc) is 2.94. The van der Waals surface area contributed by atoms with Crippen LogP contribution >= 0.6 is 12.4 Å². The van der Waals surface area contributed by atoms with E-state index in [2.05, 4.69) is 48.7 Å². The molecule has 0 unspecified atom stereocenters. The lowest BCUT2D eigenvalue weighted by Gasteiger charge is -2.01. The Balaban J connectivity index is 0.00000180. The van der Waals surface area contributed by atoms with Gasteiger partial charge in [0, 0.05) is 43.2 Å². The van der Waals surface area contributed by atoms with E-state index in [1.54, 1.807) is 0 Å². The Hall–Kier alpha value is -1.49. The van der Waals surface area contributed by atoms with Gasteiger partial charge in [0.15, 0.2) is 5.82 Å². The summed E-state index contributed by atoms with van der Waals surface area (Å²) in [6, 6.07) is 0. The van der Waals surface area contributed by atoms with Gasteiger partial charge in [0.2, 0.25) is 0 Å². The number of nitrogens with one attached hydrogen (secondary N) is 1. The standard InChI is InChI=1S/C13H21N5.ClH/c1-4-6-18-10-12(8-15-18)7-14-13-11(3)9-17(5-2)16-13;/h8-10H,4-7H2,1-3H3,(H,14,16);1H. The fourth-order valence-corrected chi connectivity index (χ4v) is 1.89. The van der Waals surface area contributed by atoms with E-state index in [1.165, 1.54) is 11.1 Å². The van der Waals surface area contributed by atoms with Crippen molar-refractivity contribution < 1.29 is 0 Å². The maximum Gasteiger partial charge on any atom is 0.151 e. The zero-order chi connectivity index (χ0) is 13.0. The van der Waals surface area contributed by atoms with E-state index >= 15 is 0 Å². The summed E-state index contributed by atoms with van der Waals surface area (Å²) in [5, 5.41) is 12.1. The summed E-state index contributed by atoms with van der Waals surface area (Å²) in [5.74, 6) is 0.958. The summed E-state index contributed by atoms with van der Waals surface area (Å²) in [7, 11) is 0. The smallest absolute Gasteiger partial charge is 0.151 e. The molecule has 0 saturated carbocycles. The molecule has 19 heavy (non-hydrogen) atoms. The van der Waals surface area contributed by atoms with Crippen LogP contribution in [0.3, 0.4) is 0 Å². The van der Waals surface area contributed by atoms with E-state index in [9.17, 15) is 0 Å². The molecule has 5 nitrogen and oxygen atoms in total. The van der Waals surface area contributed by atoms with Crippen molar-refractivity contribution in [3.8, 4) is 0 Å². The first-order valence-corrected chi connectivity index (χ1v) is 6.52. The number of hydrogen-bond acceptors (Lipinski definition) is 3. The van der Waals surface area contributed by atoms with Crippen LogP contribution in [0.25, 0.3) is 0 Å². The van der Waals surface area contributed by atoms with Crippen molar-refractivity contribution in [1.29, 1.82) is 0 Å². The molecule has 106 valence electrons. The fourth-order valence-electron chi connectivity index (χ4n) is 1.89. The van der Waals surface area contributed by atoms with Gasteiger partial charge in [0.05, 0.1) is 6.20 Å². The molecule has 0 amide bonds. The summed E-state index contributed by atoms with van der Waals surface area (Å²) in [4.78, 5) is 0. The highest BCUT2D eigenvalue weighted by atomic mass is 35.5. The Morgan fingerprint density at radius 1 is 1.21 bits per heavy atom. The highest BCUT2D eigenvalue weighted by Gasteiger charge is 2.04. The molecule has 2 aromatic rings. The monoisotopic (exact) mass is 283 g/mol. The molecule has 0 saturated heterocycles. The van der Waals surface area contributed by atoms with Gasteiger partial charge in [-0.25, -0.2) is 0 Å². The van der Waals surface area contributed by atoms with E-state index in [1.807, 2.05) is 15.6 Å². The van der Waals surface area contributed by atoms with E-state index in [-0.39, 0.29) is 12.4 Å². The molecule has 0 radical (unpaired) electrons. The molecule has 0 aliphatic carbocycles. The van der Waals surface area contributed by atoms with E-state index in [0.29, 0.717) is 0 Å². The van der Waals surface area contributed by atoms with Crippen molar-refractivity contribution in [3.63, 3.8) is 0 Å². The summed E-state index contributed by atoms with van der Waals surface area (Å²) in [6.45, 7) is 8.96. The number of hydrogen-bond donors (Lipinski definition) is 1. The molecule has 0 bridgehead atoms. The molecule has 0 fully saturated rings. The van der Waals surface area contributed by atoms with Gasteiger partial charge in [-0.1, -0.05) is 6.92 Å². The molecule has 0 spiro atoms. The second kappa shape index (κ2) is 7.19. The number of halogens is 1. The van der Waals surface area contributed by atoms with Gasteiger partial charge in [0.1, 0.15) is 0 Å². The Morgan fingerprint density at radius 3 is 2.63 bits per heavy atom. The van der Waals surface area contributed by atoms with Crippen LogP contribution in [0.2, 0.25) is 0 Å². The van der Waals surface area contributed by atoms with Crippen molar-refractivity contribution in [2.45, 2.75) is 46.8 Å². The third-order valence-corrected chi connectivity index (χ3v) is 2.87. The van der Waals surface area contributed by atoms with Crippen LogP contribution in [0.15, 0.2) is 18.6 Å². The number of aryl methyl sites for hydroxylation is 3. The second-order valence-corrected chi connectivity index (χ2v) is 4.48. The maximum atomic E-state index is 4.46. The third kappa shape index (κ3) is 3.99. The molecule has 0 aliphatic rings. The molecule has 0 atom stereocenters. The van der Waals surface area contributed by atoms with Crippen LogP contribution in [-0.4, -0.2) is 19.6 Å². The summed E-state index contributed by atoms with van der Waals surface area (Å²) < 4.78 is 3.92. The minimum atomic E-state index is 0. The van der Waals surface area contributed by atoms with Crippen LogP contribution < -0.4 is 5.32 Å². The van der Waals surface area contributed by atoms with Crippen molar-refractivity contribution in [3.05, 3.63) is 29.7 Å². The summed E-state index contributed by atoms with van der Waals surface area (Å²) >= 11 is 0. The predicted molar refractivity (Wildman–Crippen MR) is 79.7 cm³/mol. The van der Waals surface area contributed by atoms with Crippen LogP contribution in [0.5, 0.6) is 0 Å². The first-order valence-electron chi connectivity index (χ1n) is 6.52.